The number of anilines is 1. The summed E-state index contributed by atoms with van der Waals surface area (Å²) in [7, 11) is 0. The number of fused-ring (bicyclic) bond motifs is 1. The van der Waals surface area contributed by atoms with Crippen LogP contribution in [0.4, 0.5) is 5.69 Å². The standard InChI is InChI=1S/C18H13N3OS/c19-13-7-5-11(6-8-13)18-21-16(10-23-18)14-9-12-3-1-2-4-15(12)20-17(14)22/h1-10H,19H2,(H,20,22). The fourth-order valence-corrected chi connectivity index (χ4v) is 3.32. The van der Waals surface area contributed by atoms with Crippen LogP contribution in [0.15, 0.2) is 64.8 Å². The maximum atomic E-state index is 12.3. The van der Waals surface area contributed by atoms with E-state index in [4.69, 9.17) is 5.73 Å². The summed E-state index contributed by atoms with van der Waals surface area (Å²) in [6.45, 7) is 0. The first-order valence-electron chi connectivity index (χ1n) is 7.14. The van der Waals surface area contributed by atoms with Crippen LogP contribution in [-0.2, 0) is 0 Å². The van der Waals surface area contributed by atoms with E-state index in [9.17, 15) is 4.79 Å². The number of aromatic amines is 1. The topological polar surface area (TPSA) is 71.8 Å². The summed E-state index contributed by atoms with van der Waals surface area (Å²) < 4.78 is 0. The molecule has 2 aromatic carbocycles. The molecule has 0 aliphatic rings. The number of H-pyrrole nitrogens is 1. The lowest BCUT2D eigenvalue weighted by atomic mass is 10.1. The number of hydrogen-bond donors (Lipinski definition) is 2. The van der Waals surface area contributed by atoms with Gasteiger partial charge in [0, 0.05) is 22.1 Å². The van der Waals surface area contributed by atoms with E-state index in [2.05, 4.69) is 9.97 Å². The van der Waals surface area contributed by atoms with E-state index in [1.807, 2.05) is 60.0 Å². The Hall–Kier alpha value is -2.92. The zero-order valence-electron chi connectivity index (χ0n) is 12.1. The molecular weight excluding hydrogens is 306 g/mol. The molecule has 2 heterocycles. The molecule has 0 saturated heterocycles. The molecule has 0 spiro atoms. The highest BCUT2D eigenvalue weighted by Gasteiger charge is 2.11. The van der Waals surface area contributed by atoms with Crippen molar-refractivity contribution in [2.24, 2.45) is 0 Å². The van der Waals surface area contributed by atoms with Crippen molar-refractivity contribution in [1.82, 2.24) is 9.97 Å². The maximum absolute atomic E-state index is 12.3. The van der Waals surface area contributed by atoms with Crippen LogP contribution in [0.25, 0.3) is 32.7 Å². The van der Waals surface area contributed by atoms with Crippen LogP contribution in [0.2, 0.25) is 0 Å². The van der Waals surface area contributed by atoms with Crippen LogP contribution in [0.1, 0.15) is 0 Å². The van der Waals surface area contributed by atoms with Gasteiger partial charge in [0.1, 0.15) is 5.01 Å². The van der Waals surface area contributed by atoms with Gasteiger partial charge in [-0.15, -0.1) is 11.3 Å². The summed E-state index contributed by atoms with van der Waals surface area (Å²) >= 11 is 1.51. The van der Waals surface area contributed by atoms with Gasteiger partial charge in [-0.25, -0.2) is 4.98 Å². The Labute approximate surface area is 136 Å². The van der Waals surface area contributed by atoms with Crippen molar-refractivity contribution < 1.29 is 0 Å². The molecule has 4 nitrogen and oxygen atoms in total. The Morgan fingerprint density at radius 1 is 1.04 bits per heavy atom. The normalized spacial score (nSPS) is 11.0. The van der Waals surface area contributed by atoms with Crippen molar-refractivity contribution in [1.29, 1.82) is 0 Å². The summed E-state index contributed by atoms with van der Waals surface area (Å²) in [4.78, 5) is 19.8. The minimum Gasteiger partial charge on any atom is -0.399 e. The van der Waals surface area contributed by atoms with E-state index in [-0.39, 0.29) is 5.56 Å². The first-order valence-corrected chi connectivity index (χ1v) is 8.02. The summed E-state index contributed by atoms with van der Waals surface area (Å²) in [5.74, 6) is 0. The number of aromatic nitrogens is 2. The highest BCUT2D eigenvalue weighted by Crippen LogP contribution is 2.28. The van der Waals surface area contributed by atoms with Crippen molar-refractivity contribution in [3.8, 4) is 21.8 Å². The molecular formula is C18H13N3OS. The van der Waals surface area contributed by atoms with E-state index < -0.39 is 0 Å². The summed E-state index contributed by atoms with van der Waals surface area (Å²) in [6, 6.07) is 17.2. The smallest absolute Gasteiger partial charge is 0.257 e. The van der Waals surface area contributed by atoms with Crippen LogP contribution < -0.4 is 11.3 Å². The molecule has 0 amide bonds. The Morgan fingerprint density at radius 2 is 1.83 bits per heavy atom. The summed E-state index contributed by atoms with van der Waals surface area (Å²) in [6.07, 6.45) is 0. The molecule has 4 rings (SSSR count). The molecule has 0 radical (unpaired) electrons. The van der Waals surface area contributed by atoms with Gasteiger partial charge in [-0.3, -0.25) is 4.79 Å². The van der Waals surface area contributed by atoms with Gasteiger partial charge in [-0.2, -0.15) is 0 Å². The Kier molecular flexibility index (Phi) is 3.20. The average Bonchev–Trinajstić information content (AvgIpc) is 3.04. The molecule has 3 N–H and O–H groups in total. The number of nitrogens with one attached hydrogen (secondary N) is 1. The molecule has 0 saturated carbocycles. The SMILES string of the molecule is Nc1ccc(-c2nc(-c3cc4ccccc4[nH]c3=O)cs2)cc1. The molecule has 0 bridgehead atoms. The quantitative estimate of drug-likeness (QED) is 0.550. The van der Waals surface area contributed by atoms with Gasteiger partial charge < -0.3 is 10.7 Å². The lowest BCUT2D eigenvalue weighted by Gasteiger charge is -2.01. The zero-order valence-corrected chi connectivity index (χ0v) is 12.9. The van der Waals surface area contributed by atoms with Gasteiger partial charge in [0.2, 0.25) is 0 Å². The van der Waals surface area contributed by atoms with E-state index in [0.29, 0.717) is 11.3 Å². The van der Waals surface area contributed by atoms with Crippen molar-refractivity contribution >= 4 is 27.9 Å². The van der Waals surface area contributed by atoms with Crippen molar-refractivity contribution in [3.05, 3.63) is 70.3 Å². The lowest BCUT2D eigenvalue weighted by molar-refractivity contribution is 1.28. The predicted molar refractivity (Wildman–Crippen MR) is 95.5 cm³/mol. The number of benzene rings is 2. The third-order valence-corrected chi connectivity index (χ3v) is 4.58. The van der Waals surface area contributed by atoms with E-state index in [1.165, 1.54) is 11.3 Å². The molecule has 4 aromatic rings. The fourth-order valence-electron chi connectivity index (χ4n) is 2.49. The number of nitrogens with two attached hydrogens (primary N) is 1. The second-order valence-electron chi connectivity index (χ2n) is 5.26. The van der Waals surface area contributed by atoms with E-state index in [1.54, 1.807) is 0 Å². The minimum atomic E-state index is -0.127. The van der Waals surface area contributed by atoms with Crippen LogP contribution in [0, 0.1) is 0 Å². The van der Waals surface area contributed by atoms with Crippen LogP contribution in [0.3, 0.4) is 0 Å². The number of rotatable bonds is 2. The van der Waals surface area contributed by atoms with Gasteiger partial charge in [0.15, 0.2) is 0 Å². The first-order chi connectivity index (χ1) is 11.2. The number of hydrogen-bond acceptors (Lipinski definition) is 4. The third-order valence-electron chi connectivity index (χ3n) is 3.69. The number of nitrogens with zero attached hydrogens (tertiary/aromatic N) is 1. The third kappa shape index (κ3) is 2.51. The first kappa shape index (κ1) is 13.7. The molecule has 0 atom stereocenters. The Morgan fingerprint density at radius 3 is 2.65 bits per heavy atom. The van der Waals surface area contributed by atoms with E-state index in [0.717, 1.165) is 27.2 Å². The molecule has 23 heavy (non-hydrogen) atoms. The molecule has 2 aromatic heterocycles. The number of thiazole rings is 1. The highest BCUT2D eigenvalue weighted by atomic mass is 32.1. The van der Waals surface area contributed by atoms with Crippen molar-refractivity contribution in [3.63, 3.8) is 0 Å². The molecule has 112 valence electrons. The fraction of sp³-hybridized carbons (Fsp3) is 0. The Bertz CT molecular complexity index is 1050. The second-order valence-corrected chi connectivity index (χ2v) is 6.12. The highest BCUT2D eigenvalue weighted by molar-refractivity contribution is 7.13. The van der Waals surface area contributed by atoms with Crippen molar-refractivity contribution in [2.45, 2.75) is 0 Å². The molecule has 0 fully saturated rings. The van der Waals surface area contributed by atoms with Crippen LogP contribution in [0.5, 0.6) is 0 Å². The molecule has 0 aliphatic heterocycles. The van der Waals surface area contributed by atoms with Gasteiger partial charge in [-0.05, 0) is 41.8 Å². The monoisotopic (exact) mass is 319 g/mol. The summed E-state index contributed by atoms with van der Waals surface area (Å²) in [5.41, 5.74) is 9.40. The number of para-hydroxylation sites is 1. The second kappa shape index (κ2) is 5.37. The van der Waals surface area contributed by atoms with Gasteiger partial charge in [-0.1, -0.05) is 18.2 Å². The largest absolute Gasteiger partial charge is 0.399 e. The van der Waals surface area contributed by atoms with E-state index >= 15 is 0 Å². The molecule has 5 heteroatoms. The lowest BCUT2D eigenvalue weighted by Crippen LogP contribution is -2.08. The van der Waals surface area contributed by atoms with Crippen LogP contribution >= 0.6 is 11.3 Å². The van der Waals surface area contributed by atoms with Crippen LogP contribution in [-0.4, -0.2) is 9.97 Å². The molecule has 0 aliphatic carbocycles. The maximum Gasteiger partial charge on any atom is 0.257 e. The number of nitrogen functional groups attached to an aromatic ring is 1. The summed E-state index contributed by atoms with van der Waals surface area (Å²) in [5, 5.41) is 3.77. The predicted octanol–water partition coefficient (Wildman–Crippen LogP) is 3.90. The Balaban J connectivity index is 1.81. The van der Waals surface area contributed by atoms with Gasteiger partial charge >= 0.3 is 0 Å². The average molecular weight is 319 g/mol. The minimum absolute atomic E-state index is 0.127. The molecule has 0 unspecified atom stereocenters. The zero-order chi connectivity index (χ0) is 15.8. The van der Waals surface area contributed by atoms with Gasteiger partial charge in [0.05, 0.1) is 11.3 Å². The van der Waals surface area contributed by atoms with Crippen molar-refractivity contribution in [2.75, 3.05) is 5.73 Å². The number of pyridine rings is 1. The van der Waals surface area contributed by atoms with Gasteiger partial charge in [0.25, 0.3) is 5.56 Å².